The quantitative estimate of drug-likeness (QED) is 0.398. The van der Waals surface area contributed by atoms with E-state index in [1.165, 1.54) is 5.56 Å². The molecule has 3 aromatic carbocycles. The van der Waals surface area contributed by atoms with Crippen LogP contribution in [0.5, 0.6) is 11.5 Å². The first-order chi connectivity index (χ1) is 15.1. The molecule has 0 radical (unpaired) electrons. The van der Waals surface area contributed by atoms with E-state index in [1.807, 2.05) is 42.5 Å². The molecule has 162 valence electrons. The van der Waals surface area contributed by atoms with Gasteiger partial charge in [0.2, 0.25) is 0 Å². The highest BCUT2D eigenvalue weighted by Crippen LogP contribution is 2.24. The van der Waals surface area contributed by atoms with Gasteiger partial charge in [0.1, 0.15) is 11.5 Å². The minimum Gasteiger partial charge on any atom is -0.493 e. The van der Waals surface area contributed by atoms with Crippen LogP contribution in [0, 0.1) is 6.92 Å². The van der Waals surface area contributed by atoms with Gasteiger partial charge in [-0.05, 0) is 67.3 Å². The number of nitrogens with one attached hydrogen (secondary N) is 1. The van der Waals surface area contributed by atoms with Gasteiger partial charge in [-0.3, -0.25) is 4.79 Å². The van der Waals surface area contributed by atoms with E-state index in [1.54, 1.807) is 12.1 Å². The zero-order chi connectivity index (χ0) is 22.1. The lowest BCUT2D eigenvalue weighted by Gasteiger charge is -2.14. The number of carbonyl (C=O) groups is 1. The standard InChI is InChI=1S/C27H31NO3/c1-4-21-8-6-9-22(5-2)26(21)28-27(29)23-12-16-25(17-13-23)31-19-7-18-30-24-14-10-20(3)11-15-24/h6,8-17H,4-5,7,18-19H2,1-3H3,(H,28,29). The molecule has 4 nitrogen and oxygen atoms in total. The molecule has 0 aliphatic heterocycles. The van der Waals surface area contributed by atoms with Gasteiger partial charge in [0, 0.05) is 17.7 Å². The zero-order valence-electron chi connectivity index (χ0n) is 18.6. The lowest BCUT2D eigenvalue weighted by atomic mass is 10.0. The summed E-state index contributed by atoms with van der Waals surface area (Å²) in [6.45, 7) is 7.41. The number of hydrogen-bond acceptors (Lipinski definition) is 3. The highest BCUT2D eigenvalue weighted by atomic mass is 16.5. The van der Waals surface area contributed by atoms with Gasteiger partial charge in [0.05, 0.1) is 13.2 Å². The van der Waals surface area contributed by atoms with Crippen molar-refractivity contribution in [2.75, 3.05) is 18.5 Å². The molecule has 0 heterocycles. The normalized spacial score (nSPS) is 10.5. The van der Waals surface area contributed by atoms with Gasteiger partial charge in [0.25, 0.3) is 5.91 Å². The van der Waals surface area contributed by atoms with Gasteiger partial charge in [-0.25, -0.2) is 0 Å². The number of anilines is 1. The number of para-hydroxylation sites is 1. The third kappa shape index (κ3) is 6.35. The van der Waals surface area contributed by atoms with E-state index in [9.17, 15) is 4.79 Å². The smallest absolute Gasteiger partial charge is 0.255 e. The SMILES string of the molecule is CCc1cccc(CC)c1NC(=O)c1ccc(OCCCOc2ccc(C)cc2)cc1. The topological polar surface area (TPSA) is 47.6 Å². The van der Waals surface area contributed by atoms with Crippen LogP contribution in [0.25, 0.3) is 0 Å². The lowest BCUT2D eigenvalue weighted by molar-refractivity contribution is 0.102. The summed E-state index contributed by atoms with van der Waals surface area (Å²) in [7, 11) is 0. The fraction of sp³-hybridized carbons (Fsp3) is 0.296. The van der Waals surface area contributed by atoms with Crippen molar-refractivity contribution in [1.29, 1.82) is 0 Å². The first-order valence-corrected chi connectivity index (χ1v) is 10.9. The van der Waals surface area contributed by atoms with Gasteiger partial charge in [-0.1, -0.05) is 49.7 Å². The van der Waals surface area contributed by atoms with Crippen LogP contribution in [0.2, 0.25) is 0 Å². The van der Waals surface area contributed by atoms with Crippen molar-refractivity contribution in [2.45, 2.75) is 40.0 Å². The fourth-order valence-corrected chi connectivity index (χ4v) is 3.36. The average Bonchev–Trinajstić information content (AvgIpc) is 2.80. The minimum atomic E-state index is -0.103. The van der Waals surface area contributed by atoms with Crippen LogP contribution in [0.1, 0.15) is 47.3 Å². The number of aryl methyl sites for hydroxylation is 3. The monoisotopic (exact) mass is 417 g/mol. The summed E-state index contributed by atoms with van der Waals surface area (Å²) in [5, 5.41) is 3.10. The van der Waals surface area contributed by atoms with Crippen molar-refractivity contribution in [3.63, 3.8) is 0 Å². The highest BCUT2D eigenvalue weighted by Gasteiger charge is 2.12. The summed E-state index contributed by atoms with van der Waals surface area (Å²) in [5.41, 5.74) is 5.07. The second kappa shape index (κ2) is 11.2. The Kier molecular flexibility index (Phi) is 8.11. The van der Waals surface area contributed by atoms with Crippen molar-refractivity contribution >= 4 is 11.6 Å². The van der Waals surface area contributed by atoms with Crippen LogP contribution in [-0.4, -0.2) is 19.1 Å². The maximum atomic E-state index is 12.7. The van der Waals surface area contributed by atoms with Crippen molar-refractivity contribution in [2.24, 2.45) is 0 Å². The molecule has 0 aromatic heterocycles. The van der Waals surface area contributed by atoms with E-state index in [2.05, 4.69) is 38.2 Å². The first-order valence-electron chi connectivity index (χ1n) is 10.9. The molecule has 0 spiro atoms. The predicted molar refractivity (Wildman–Crippen MR) is 126 cm³/mol. The maximum absolute atomic E-state index is 12.7. The summed E-state index contributed by atoms with van der Waals surface area (Å²) in [4.78, 5) is 12.7. The number of hydrogen-bond donors (Lipinski definition) is 1. The van der Waals surface area contributed by atoms with Crippen LogP contribution in [-0.2, 0) is 12.8 Å². The van der Waals surface area contributed by atoms with Crippen LogP contribution in [0.15, 0.2) is 66.7 Å². The molecule has 0 bridgehead atoms. The molecule has 0 saturated heterocycles. The molecule has 0 fully saturated rings. The van der Waals surface area contributed by atoms with E-state index in [-0.39, 0.29) is 5.91 Å². The highest BCUT2D eigenvalue weighted by molar-refractivity contribution is 6.05. The molecule has 0 atom stereocenters. The van der Waals surface area contributed by atoms with Gasteiger partial charge >= 0.3 is 0 Å². The maximum Gasteiger partial charge on any atom is 0.255 e. The molecule has 0 unspecified atom stereocenters. The number of ether oxygens (including phenoxy) is 2. The largest absolute Gasteiger partial charge is 0.493 e. The molecule has 3 rings (SSSR count). The average molecular weight is 418 g/mol. The Hall–Kier alpha value is -3.27. The molecular weight excluding hydrogens is 386 g/mol. The van der Waals surface area contributed by atoms with Crippen molar-refractivity contribution in [3.8, 4) is 11.5 Å². The first kappa shape index (κ1) is 22.4. The molecule has 0 saturated carbocycles. The third-order valence-corrected chi connectivity index (χ3v) is 5.20. The molecule has 0 aliphatic carbocycles. The molecule has 1 amide bonds. The molecule has 31 heavy (non-hydrogen) atoms. The van der Waals surface area contributed by atoms with Gasteiger partial charge in [-0.2, -0.15) is 0 Å². The fourth-order valence-electron chi connectivity index (χ4n) is 3.36. The number of amides is 1. The lowest BCUT2D eigenvalue weighted by Crippen LogP contribution is -2.15. The predicted octanol–water partition coefficient (Wildman–Crippen LogP) is 6.22. The van der Waals surface area contributed by atoms with Crippen molar-refractivity contribution < 1.29 is 14.3 Å². The summed E-state index contributed by atoms with van der Waals surface area (Å²) in [6, 6.07) is 21.5. The Bertz CT molecular complexity index is 956. The zero-order valence-corrected chi connectivity index (χ0v) is 18.6. The summed E-state index contributed by atoms with van der Waals surface area (Å²) in [5.74, 6) is 1.51. The molecule has 1 N–H and O–H groups in total. The van der Waals surface area contributed by atoms with Crippen LogP contribution in [0.3, 0.4) is 0 Å². The Labute approximate surface area is 185 Å². The minimum absolute atomic E-state index is 0.103. The Balaban J connectivity index is 1.48. The second-order valence-electron chi connectivity index (χ2n) is 7.50. The van der Waals surface area contributed by atoms with Gasteiger partial charge in [-0.15, -0.1) is 0 Å². The van der Waals surface area contributed by atoms with E-state index in [0.29, 0.717) is 18.8 Å². The molecular formula is C27H31NO3. The number of rotatable bonds is 10. The van der Waals surface area contributed by atoms with Crippen LogP contribution < -0.4 is 14.8 Å². The number of carbonyl (C=O) groups excluding carboxylic acids is 1. The van der Waals surface area contributed by atoms with E-state index < -0.39 is 0 Å². The molecule has 3 aromatic rings. The number of benzene rings is 3. The Morgan fingerprint density at radius 1 is 0.774 bits per heavy atom. The summed E-state index contributed by atoms with van der Waals surface area (Å²) < 4.78 is 11.5. The molecule has 4 heteroatoms. The van der Waals surface area contributed by atoms with Gasteiger partial charge in [0.15, 0.2) is 0 Å². The van der Waals surface area contributed by atoms with Crippen LogP contribution >= 0.6 is 0 Å². The molecule has 0 aliphatic rings. The second-order valence-corrected chi connectivity index (χ2v) is 7.50. The Morgan fingerprint density at radius 2 is 1.29 bits per heavy atom. The third-order valence-electron chi connectivity index (χ3n) is 5.20. The van der Waals surface area contributed by atoms with Crippen molar-refractivity contribution in [3.05, 3.63) is 89.0 Å². The van der Waals surface area contributed by atoms with Crippen molar-refractivity contribution in [1.82, 2.24) is 0 Å². The Morgan fingerprint density at radius 3 is 1.81 bits per heavy atom. The summed E-state index contributed by atoms with van der Waals surface area (Å²) >= 11 is 0. The van der Waals surface area contributed by atoms with Gasteiger partial charge < -0.3 is 14.8 Å². The van der Waals surface area contributed by atoms with Crippen LogP contribution in [0.4, 0.5) is 5.69 Å². The van der Waals surface area contributed by atoms with E-state index in [0.717, 1.165) is 47.6 Å². The summed E-state index contributed by atoms with van der Waals surface area (Å²) in [6.07, 6.45) is 2.54. The van der Waals surface area contributed by atoms with E-state index >= 15 is 0 Å². The van der Waals surface area contributed by atoms with E-state index in [4.69, 9.17) is 9.47 Å².